The smallest absolute Gasteiger partial charge is 0.131 e. The van der Waals surface area contributed by atoms with Gasteiger partial charge in [0.2, 0.25) is 0 Å². The molecule has 2 aliphatic rings. The molecule has 0 amide bonds. The summed E-state index contributed by atoms with van der Waals surface area (Å²) in [5.41, 5.74) is 11.3. The van der Waals surface area contributed by atoms with Gasteiger partial charge in [-0.1, -0.05) is 111 Å². The lowest BCUT2D eigenvalue weighted by atomic mass is 9.68. The van der Waals surface area contributed by atoms with Gasteiger partial charge in [-0.05, 0) is 64.1 Å². The van der Waals surface area contributed by atoms with E-state index in [0.29, 0.717) is 0 Å². The molecule has 0 aromatic heterocycles. The highest BCUT2D eigenvalue weighted by Crippen LogP contribution is 2.55. The number of hydrogen-bond donors (Lipinski definition) is 0. The van der Waals surface area contributed by atoms with Crippen molar-refractivity contribution in [1.29, 1.82) is 0 Å². The largest absolute Gasteiger partial charge is 0.457 e. The Kier molecular flexibility index (Phi) is 4.39. The molecule has 1 heteroatoms. The topological polar surface area (TPSA) is 9.23 Å². The van der Waals surface area contributed by atoms with Crippen LogP contribution in [0, 0.1) is 0 Å². The molecule has 36 heavy (non-hydrogen) atoms. The average molecular weight is 465 g/mol. The first-order valence-electron chi connectivity index (χ1n) is 12.7. The zero-order valence-electron chi connectivity index (χ0n) is 20.9. The van der Waals surface area contributed by atoms with Crippen LogP contribution in [0.3, 0.4) is 0 Å². The lowest BCUT2D eigenvalue weighted by Gasteiger charge is -2.38. The van der Waals surface area contributed by atoms with Crippen LogP contribution in [0.5, 0.6) is 11.5 Å². The van der Waals surface area contributed by atoms with E-state index >= 15 is 0 Å². The van der Waals surface area contributed by atoms with Gasteiger partial charge in [0.25, 0.3) is 0 Å². The summed E-state index contributed by atoms with van der Waals surface area (Å²) in [6.45, 7) is 7.04. The fraction of sp³-hybridized carbons (Fsp3) is 0.143. The van der Waals surface area contributed by atoms with Crippen molar-refractivity contribution in [3.63, 3.8) is 0 Å². The molecule has 174 valence electrons. The van der Waals surface area contributed by atoms with Crippen LogP contribution in [0.25, 0.3) is 22.3 Å². The van der Waals surface area contributed by atoms with E-state index in [0.717, 1.165) is 11.5 Å². The van der Waals surface area contributed by atoms with Crippen LogP contribution in [-0.4, -0.2) is 0 Å². The first kappa shape index (κ1) is 21.2. The number of ether oxygens (including phenoxy) is 1. The van der Waals surface area contributed by atoms with Gasteiger partial charge in [0.05, 0.1) is 0 Å². The third-order valence-electron chi connectivity index (χ3n) is 8.41. The molecular formula is C35H28O. The number of rotatable bonds is 2. The van der Waals surface area contributed by atoms with Crippen molar-refractivity contribution in [3.05, 3.63) is 143 Å². The lowest BCUT2D eigenvalue weighted by Crippen LogP contribution is -2.29. The quantitative estimate of drug-likeness (QED) is 0.253. The monoisotopic (exact) mass is 464 g/mol. The Morgan fingerprint density at radius 3 is 1.97 bits per heavy atom. The molecule has 1 unspecified atom stereocenters. The van der Waals surface area contributed by atoms with Gasteiger partial charge in [0.15, 0.2) is 0 Å². The van der Waals surface area contributed by atoms with Crippen molar-refractivity contribution in [3.8, 4) is 33.8 Å². The lowest BCUT2D eigenvalue weighted by molar-refractivity contribution is 0.427. The molecule has 1 heterocycles. The number of fused-ring (bicyclic) bond motifs is 5. The van der Waals surface area contributed by atoms with Crippen LogP contribution in [0.2, 0.25) is 0 Å². The summed E-state index contributed by atoms with van der Waals surface area (Å²) in [5, 5.41) is 0. The first-order chi connectivity index (χ1) is 17.5. The summed E-state index contributed by atoms with van der Waals surface area (Å²) < 4.78 is 6.47. The summed E-state index contributed by atoms with van der Waals surface area (Å²) >= 11 is 0. The number of hydrogen-bond acceptors (Lipinski definition) is 1. The number of benzene rings is 5. The Bertz CT molecular complexity index is 1640. The van der Waals surface area contributed by atoms with E-state index in [9.17, 15) is 0 Å². The highest BCUT2D eigenvalue weighted by atomic mass is 16.5. The van der Waals surface area contributed by atoms with Crippen molar-refractivity contribution in [2.24, 2.45) is 0 Å². The second-order valence-electron chi connectivity index (χ2n) is 10.7. The van der Waals surface area contributed by atoms with E-state index in [4.69, 9.17) is 4.74 Å². The summed E-state index contributed by atoms with van der Waals surface area (Å²) in [7, 11) is 0. The first-order valence-corrected chi connectivity index (χ1v) is 12.7. The van der Waals surface area contributed by atoms with Gasteiger partial charge < -0.3 is 4.74 Å². The summed E-state index contributed by atoms with van der Waals surface area (Å²) in [6, 6.07) is 41.6. The predicted octanol–water partition coefficient (Wildman–Crippen LogP) is 9.12. The van der Waals surface area contributed by atoms with Crippen LogP contribution < -0.4 is 4.74 Å². The molecule has 0 saturated heterocycles. The van der Waals surface area contributed by atoms with Crippen LogP contribution in [0.1, 0.15) is 48.6 Å². The highest BCUT2D eigenvalue weighted by Gasteiger charge is 2.41. The molecule has 5 aromatic rings. The maximum absolute atomic E-state index is 6.47. The third-order valence-corrected chi connectivity index (χ3v) is 8.41. The van der Waals surface area contributed by atoms with E-state index in [1.807, 2.05) is 0 Å². The van der Waals surface area contributed by atoms with E-state index in [1.54, 1.807) is 0 Å². The molecule has 7 rings (SSSR count). The second kappa shape index (κ2) is 7.45. The minimum absolute atomic E-state index is 0.0652. The minimum atomic E-state index is -0.322. The van der Waals surface area contributed by atoms with Gasteiger partial charge in [-0.25, -0.2) is 0 Å². The Morgan fingerprint density at radius 2 is 1.14 bits per heavy atom. The average Bonchev–Trinajstić information content (AvgIpc) is 3.16. The van der Waals surface area contributed by atoms with Crippen LogP contribution in [0.15, 0.2) is 115 Å². The predicted molar refractivity (Wildman–Crippen MR) is 148 cm³/mol. The van der Waals surface area contributed by atoms with Crippen LogP contribution in [-0.2, 0) is 10.8 Å². The molecule has 1 aliphatic heterocycles. The Labute approximate surface area is 213 Å². The molecule has 0 spiro atoms. The van der Waals surface area contributed by atoms with E-state index < -0.39 is 0 Å². The highest BCUT2D eigenvalue weighted by molar-refractivity contribution is 5.88. The van der Waals surface area contributed by atoms with Gasteiger partial charge in [0, 0.05) is 22.0 Å². The van der Waals surface area contributed by atoms with Crippen LogP contribution in [0.4, 0.5) is 0 Å². The van der Waals surface area contributed by atoms with E-state index in [2.05, 4.69) is 136 Å². The molecular weight excluding hydrogens is 436 g/mol. The Hall–Kier alpha value is -4.10. The van der Waals surface area contributed by atoms with Gasteiger partial charge in [-0.2, -0.15) is 0 Å². The fourth-order valence-electron chi connectivity index (χ4n) is 6.58. The van der Waals surface area contributed by atoms with E-state index in [1.165, 1.54) is 50.1 Å². The normalized spacial score (nSPS) is 18.4. The SMILES string of the molecule is CC1(C)c2ccccc2-c2cccc(-c3ccc4c(c3)C(C)(c3ccccc3)c3ccccc3O4)c21. The Morgan fingerprint density at radius 1 is 0.500 bits per heavy atom. The molecule has 5 aromatic carbocycles. The fourth-order valence-corrected chi connectivity index (χ4v) is 6.58. The third kappa shape index (κ3) is 2.77. The van der Waals surface area contributed by atoms with Gasteiger partial charge in [-0.3, -0.25) is 0 Å². The minimum Gasteiger partial charge on any atom is -0.457 e. The Balaban J connectivity index is 1.47. The molecule has 0 bridgehead atoms. The zero-order chi connectivity index (χ0) is 24.5. The summed E-state index contributed by atoms with van der Waals surface area (Å²) in [6.07, 6.45) is 0. The van der Waals surface area contributed by atoms with Gasteiger partial charge in [-0.15, -0.1) is 0 Å². The van der Waals surface area contributed by atoms with Crippen molar-refractivity contribution in [2.75, 3.05) is 0 Å². The van der Waals surface area contributed by atoms with E-state index in [-0.39, 0.29) is 10.8 Å². The summed E-state index contributed by atoms with van der Waals surface area (Å²) in [5.74, 6) is 1.86. The maximum atomic E-state index is 6.47. The van der Waals surface area contributed by atoms with Crippen molar-refractivity contribution >= 4 is 0 Å². The second-order valence-corrected chi connectivity index (χ2v) is 10.7. The molecule has 0 N–H and O–H groups in total. The van der Waals surface area contributed by atoms with Crippen molar-refractivity contribution in [2.45, 2.75) is 31.6 Å². The molecule has 0 radical (unpaired) electrons. The number of para-hydroxylation sites is 1. The van der Waals surface area contributed by atoms with Crippen LogP contribution >= 0.6 is 0 Å². The van der Waals surface area contributed by atoms with Crippen molar-refractivity contribution in [1.82, 2.24) is 0 Å². The van der Waals surface area contributed by atoms with Gasteiger partial charge >= 0.3 is 0 Å². The maximum Gasteiger partial charge on any atom is 0.131 e. The molecule has 1 nitrogen and oxygen atoms in total. The molecule has 0 saturated carbocycles. The molecule has 1 aliphatic carbocycles. The van der Waals surface area contributed by atoms with Crippen molar-refractivity contribution < 1.29 is 4.74 Å². The van der Waals surface area contributed by atoms with Gasteiger partial charge in [0.1, 0.15) is 11.5 Å². The zero-order valence-corrected chi connectivity index (χ0v) is 20.9. The standard InChI is InChI=1S/C35H28O/c1-34(2)28-17-8-7-14-26(28)27-16-11-15-25(33(27)34)23-20-21-32-30(22-23)35(3,24-12-5-4-6-13-24)29-18-9-10-19-31(29)36-32/h4-22H,1-3H3. The molecule has 0 fully saturated rings. The summed E-state index contributed by atoms with van der Waals surface area (Å²) in [4.78, 5) is 0. The molecule has 1 atom stereocenters.